The lowest BCUT2D eigenvalue weighted by Crippen LogP contribution is -2.47. The van der Waals surface area contributed by atoms with Crippen molar-refractivity contribution in [2.24, 2.45) is 0 Å². The van der Waals surface area contributed by atoms with Crippen LogP contribution in [0.25, 0.3) is 0 Å². The molecule has 1 fully saturated rings. The van der Waals surface area contributed by atoms with Crippen molar-refractivity contribution in [3.63, 3.8) is 0 Å². The van der Waals surface area contributed by atoms with E-state index in [9.17, 15) is 19.3 Å². The van der Waals surface area contributed by atoms with Crippen molar-refractivity contribution in [3.05, 3.63) is 28.1 Å². The van der Waals surface area contributed by atoms with Crippen LogP contribution in [-0.2, 0) is 14.3 Å². The van der Waals surface area contributed by atoms with E-state index < -0.39 is 22.5 Å². The predicted molar refractivity (Wildman–Crippen MR) is 90.9 cm³/mol. The Bertz CT molecular complexity index is 651. The number of ether oxygens (including phenoxy) is 3. The number of benzene rings is 1. The molecule has 0 saturated carbocycles. The van der Waals surface area contributed by atoms with E-state index in [1.165, 1.54) is 7.11 Å². The monoisotopic (exact) mass is 371 g/mol. The van der Waals surface area contributed by atoms with Crippen molar-refractivity contribution in [2.45, 2.75) is 13.0 Å². The highest BCUT2D eigenvalue weighted by Gasteiger charge is 2.26. The number of halogens is 1. The van der Waals surface area contributed by atoms with Gasteiger partial charge in [0.25, 0.3) is 0 Å². The molecule has 1 heterocycles. The van der Waals surface area contributed by atoms with Crippen molar-refractivity contribution >= 4 is 17.3 Å². The third-order valence-electron chi connectivity index (χ3n) is 4.02. The maximum atomic E-state index is 13.9. The van der Waals surface area contributed by atoms with Crippen LogP contribution in [0.4, 0.5) is 15.8 Å². The molecular weight excluding hydrogens is 349 g/mol. The number of carbonyl (C=O) groups is 1. The zero-order valence-electron chi connectivity index (χ0n) is 14.7. The van der Waals surface area contributed by atoms with Crippen molar-refractivity contribution in [3.8, 4) is 5.75 Å². The number of anilines is 1. The van der Waals surface area contributed by atoms with Gasteiger partial charge in [-0.2, -0.15) is 4.39 Å². The molecule has 10 heteroatoms. The summed E-state index contributed by atoms with van der Waals surface area (Å²) in [5.41, 5.74) is -0.697. The summed E-state index contributed by atoms with van der Waals surface area (Å²) in [4.78, 5) is 24.6. The van der Waals surface area contributed by atoms with E-state index in [4.69, 9.17) is 14.2 Å². The molecule has 1 N–H and O–H groups in total. The number of hydrogen-bond acceptors (Lipinski definition) is 7. The molecule has 1 aliphatic rings. The van der Waals surface area contributed by atoms with Crippen molar-refractivity contribution < 1.29 is 28.3 Å². The minimum absolute atomic E-state index is 0.00711. The van der Waals surface area contributed by atoms with Gasteiger partial charge in [-0.15, -0.1) is 0 Å². The lowest BCUT2D eigenvalue weighted by molar-refractivity contribution is -0.387. The Kier molecular flexibility index (Phi) is 7.25. The normalized spacial score (nSPS) is 16.1. The summed E-state index contributed by atoms with van der Waals surface area (Å²) in [6.07, 6.45) is 0. The number of nitrogens with one attached hydrogen (secondary N) is 1. The van der Waals surface area contributed by atoms with E-state index in [1.807, 2.05) is 4.90 Å². The van der Waals surface area contributed by atoms with E-state index in [2.05, 4.69) is 5.32 Å². The predicted octanol–water partition coefficient (Wildman–Crippen LogP) is 1.42. The van der Waals surface area contributed by atoms with E-state index in [0.29, 0.717) is 26.3 Å². The highest BCUT2D eigenvalue weighted by molar-refractivity contribution is 5.96. The van der Waals surface area contributed by atoms with Crippen LogP contribution in [0.2, 0.25) is 0 Å². The summed E-state index contributed by atoms with van der Waals surface area (Å²) >= 11 is 0. The van der Waals surface area contributed by atoms with Crippen LogP contribution in [-0.4, -0.2) is 68.4 Å². The molecule has 1 aromatic rings. The van der Waals surface area contributed by atoms with Crippen LogP contribution in [0.3, 0.4) is 0 Å². The highest BCUT2D eigenvalue weighted by atomic mass is 19.1. The van der Waals surface area contributed by atoms with Crippen LogP contribution in [0.1, 0.15) is 6.92 Å². The smallest absolute Gasteiger partial charge is 0.307 e. The first-order valence-electron chi connectivity index (χ1n) is 8.16. The second-order valence-electron chi connectivity index (χ2n) is 5.71. The van der Waals surface area contributed by atoms with E-state index >= 15 is 0 Å². The zero-order valence-corrected chi connectivity index (χ0v) is 14.7. The van der Waals surface area contributed by atoms with Crippen LogP contribution in [0.5, 0.6) is 5.75 Å². The summed E-state index contributed by atoms with van der Waals surface area (Å²) in [5, 5.41) is 13.6. The molecule has 144 valence electrons. The fourth-order valence-corrected chi connectivity index (χ4v) is 2.50. The van der Waals surface area contributed by atoms with Gasteiger partial charge in [-0.3, -0.25) is 19.8 Å². The number of nitro groups is 1. The summed E-state index contributed by atoms with van der Waals surface area (Å²) in [5.74, 6) is -1.40. The van der Waals surface area contributed by atoms with Crippen LogP contribution in [0, 0.1) is 15.9 Å². The molecule has 1 saturated heterocycles. The molecule has 2 rings (SSSR count). The van der Waals surface area contributed by atoms with E-state index in [1.54, 1.807) is 6.92 Å². The molecule has 0 aromatic heterocycles. The molecule has 1 unspecified atom stereocenters. The molecule has 1 atom stereocenters. The first-order chi connectivity index (χ1) is 12.4. The molecule has 26 heavy (non-hydrogen) atoms. The van der Waals surface area contributed by atoms with Gasteiger partial charge >= 0.3 is 5.69 Å². The van der Waals surface area contributed by atoms with Gasteiger partial charge in [0.05, 0.1) is 36.5 Å². The van der Waals surface area contributed by atoms with Gasteiger partial charge in [-0.1, -0.05) is 0 Å². The average Bonchev–Trinajstić information content (AvgIpc) is 2.63. The molecule has 0 spiro atoms. The molecule has 1 aliphatic heterocycles. The van der Waals surface area contributed by atoms with Crippen LogP contribution < -0.4 is 10.1 Å². The van der Waals surface area contributed by atoms with Crippen molar-refractivity contribution in [1.29, 1.82) is 0 Å². The fourth-order valence-electron chi connectivity index (χ4n) is 2.50. The van der Waals surface area contributed by atoms with Crippen molar-refractivity contribution in [1.82, 2.24) is 4.90 Å². The number of nitro benzene ring substituents is 1. The molecule has 9 nitrogen and oxygen atoms in total. The molecule has 1 amide bonds. The summed E-state index contributed by atoms with van der Waals surface area (Å²) in [6.45, 7) is 4.36. The second-order valence-corrected chi connectivity index (χ2v) is 5.71. The third-order valence-corrected chi connectivity index (χ3v) is 4.02. The molecular formula is C16H22FN3O6. The first kappa shape index (κ1) is 20.0. The van der Waals surface area contributed by atoms with E-state index in [0.717, 1.165) is 12.1 Å². The number of rotatable bonds is 8. The summed E-state index contributed by atoms with van der Waals surface area (Å²) in [7, 11) is 1.48. The van der Waals surface area contributed by atoms with Gasteiger partial charge in [0.2, 0.25) is 11.7 Å². The van der Waals surface area contributed by atoms with Gasteiger partial charge in [0.1, 0.15) is 12.4 Å². The number of carbonyl (C=O) groups excluding carboxylic acids is 1. The number of amides is 1. The SMILES string of the molecule is COCCOc1cc(F)c([N+](=O)[O-])cc1NC(=O)C(C)N1CCOCC1. The lowest BCUT2D eigenvalue weighted by atomic mass is 10.2. The maximum absolute atomic E-state index is 13.9. The van der Waals surface area contributed by atoms with E-state index in [-0.39, 0.29) is 30.6 Å². The number of nitrogens with zero attached hydrogens (tertiary/aromatic N) is 2. The van der Waals surface area contributed by atoms with Gasteiger partial charge in [0, 0.05) is 32.3 Å². The minimum Gasteiger partial charge on any atom is -0.489 e. The zero-order chi connectivity index (χ0) is 19.1. The quantitative estimate of drug-likeness (QED) is 0.419. The Labute approximate surface area is 150 Å². The van der Waals surface area contributed by atoms with Crippen LogP contribution >= 0.6 is 0 Å². The van der Waals surface area contributed by atoms with Gasteiger partial charge in [-0.05, 0) is 6.92 Å². The molecule has 0 bridgehead atoms. The minimum atomic E-state index is -1.04. The lowest BCUT2D eigenvalue weighted by Gasteiger charge is -2.31. The third kappa shape index (κ3) is 5.10. The van der Waals surface area contributed by atoms with Gasteiger partial charge < -0.3 is 19.5 Å². The van der Waals surface area contributed by atoms with Gasteiger partial charge in [0.15, 0.2) is 0 Å². The largest absolute Gasteiger partial charge is 0.489 e. The fraction of sp³-hybridized carbons (Fsp3) is 0.562. The Balaban J connectivity index is 2.19. The molecule has 0 aliphatic carbocycles. The number of methoxy groups -OCH3 is 1. The number of hydrogen-bond donors (Lipinski definition) is 1. The highest BCUT2D eigenvalue weighted by Crippen LogP contribution is 2.32. The summed E-state index contributed by atoms with van der Waals surface area (Å²) in [6, 6.07) is 1.37. The number of morpholine rings is 1. The second kappa shape index (κ2) is 9.41. The molecule has 1 aromatic carbocycles. The van der Waals surface area contributed by atoms with Gasteiger partial charge in [-0.25, -0.2) is 0 Å². The Morgan fingerprint density at radius 2 is 2.12 bits per heavy atom. The van der Waals surface area contributed by atoms with Crippen LogP contribution in [0.15, 0.2) is 12.1 Å². The Morgan fingerprint density at radius 1 is 1.42 bits per heavy atom. The topological polar surface area (TPSA) is 103 Å². The molecule has 0 radical (unpaired) electrons. The first-order valence-corrected chi connectivity index (χ1v) is 8.16. The average molecular weight is 371 g/mol. The Hall–Kier alpha value is -2.30. The van der Waals surface area contributed by atoms with Crippen molar-refractivity contribution in [2.75, 3.05) is 51.9 Å². The summed E-state index contributed by atoms with van der Waals surface area (Å²) < 4.78 is 29.4. The maximum Gasteiger partial charge on any atom is 0.307 e. The standard InChI is InChI=1S/C16H22FN3O6/c1-11(19-3-5-25-6-4-19)16(21)18-13-10-14(20(22)23)12(17)9-15(13)26-8-7-24-2/h9-11H,3-8H2,1-2H3,(H,18,21). The Morgan fingerprint density at radius 3 is 2.73 bits per heavy atom.